The molecule has 2 aromatic carbocycles. The third kappa shape index (κ3) is 33.5. The Morgan fingerprint density at radius 1 is 0.462 bits per heavy atom. The number of aliphatic hydroxyl groups is 1. The zero-order valence-corrected chi connectivity index (χ0v) is 67.0. The van der Waals surface area contributed by atoms with Crippen molar-refractivity contribution in [2.45, 2.75) is 229 Å². The average molecular weight is 1660 g/mol. The largest absolute Gasteiger partial charge is 0.481 e. The second-order valence-electron chi connectivity index (χ2n) is 29.2. The van der Waals surface area contributed by atoms with Crippen molar-refractivity contribution >= 4 is 135 Å². The van der Waals surface area contributed by atoms with Gasteiger partial charge in [-0.1, -0.05) is 76.2 Å². The summed E-state index contributed by atoms with van der Waals surface area (Å²) in [5, 5.41) is 68.8. The number of carboxylic acid groups (broad SMARTS) is 3. The number of nitrogens with zero attached hydrogens (tertiary/aromatic N) is 1. The number of aromatic nitrogens is 1. The lowest BCUT2D eigenvalue weighted by atomic mass is 10.0. The highest BCUT2D eigenvalue weighted by Gasteiger charge is 2.42. The Hall–Kier alpha value is -11.8. The molecule has 1 aliphatic heterocycles. The molecule has 25 N–H and O–H groups in total. The number of aromatic amines is 1. The highest BCUT2D eigenvalue weighted by atomic mass is 32.2. The summed E-state index contributed by atoms with van der Waals surface area (Å²) in [6.07, 6.45) is -2.69. The minimum Gasteiger partial charge on any atom is -0.481 e. The standard InChI is InChI=1S/C75H110N18O23S/c1-37(2)30-51(69(109)86-49(27-29-117-7)68(108)83-47(21-25-60(98)99)67(107)90-54(34-59(79)97)72(112)85-48(22-26-61(100)101)66(106)89-52(31-38(3)4)70(110)92-55(75(115)116)32-41-14-9-8-10-15-41)88-63(103)40(6)81-62(102)39(5)82-65(105)46(19-23-57(77)95)84-71(111)53(33-42-35-80-45-17-12-11-16-43(42)45)91-73(113)56-18-13-28-93(56)74(114)50(20-24-58(78)96)87-64(104)44(76)36-94/h8-12,14-17,35,37-40,44,46-56,80,94H,13,18-34,36,76H2,1-7H3,(H2,77,95)(H2,78,96)(H2,79,97)(H,81,102)(H,82,105)(H,83,108)(H,84,111)(H,85,112)(H,86,109)(H,87,104)(H,88,103)(H,89,106)(H,90,107)(H,91,113)(H,92,110)(H,98,99)(H,100,101)(H,115,116)/t39-,40-,44-,46-,47-,48-,49-,50-,51-,52-,53-,54-,55-,56-/m0/s1. The summed E-state index contributed by atoms with van der Waals surface area (Å²) in [4.78, 5) is 260. The van der Waals surface area contributed by atoms with Crippen molar-refractivity contribution in [3.8, 4) is 0 Å². The van der Waals surface area contributed by atoms with E-state index in [1.165, 1.54) is 25.6 Å². The van der Waals surface area contributed by atoms with Gasteiger partial charge in [-0.25, -0.2) is 4.79 Å². The zero-order valence-electron chi connectivity index (χ0n) is 66.2. The summed E-state index contributed by atoms with van der Waals surface area (Å²) in [6, 6.07) is -6.71. The molecule has 0 bridgehead atoms. The Balaban J connectivity index is 1.52. The van der Waals surface area contributed by atoms with E-state index in [1.54, 1.807) is 94.7 Å². The molecule has 0 radical (unpaired) electrons. The molecule has 14 atom stereocenters. The molecule has 0 aliphatic carbocycles. The van der Waals surface area contributed by atoms with Crippen molar-refractivity contribution in [3.63, 3.8) is 0 Å². The number of benzene rings is 2. The van der Waals surface area contributed by atoms with Gasteiger partial charge in [-0.15, -0.1) is 0 Å². The van der Waals surface area contributed by atoms with Gasteiger partial charge in [0.25, 0.3) is 0 Å². The Kier molecular flexibility index (Phi) is 40.5. The smallest absolute Gasteiger partial charge is 0.326 e. The molecule has 3 aromatic rings. The van der Waals surface area contributed by atoms with Gasteiger partial charge in [0.1, 0.15) is 84.6 Å². The first-order valence-electron chi connectivity index (χ1n) is 38.0. The minimum atomic E-state index is -2.02. The van der Waals surface area contributed by atoms with Crippen LogP contribution in [0.1, 0.15) is 143 Å². The maximum atomic E-state index is 14.6. The van der Waals surface area contributed by atoms with Crippen molar-refractivity contribution in [2.75, 3.05) is 25.2 Å². The number of nitrogens with one attached hydrogen (secondary N) is 13. The molecular weight excluding hydrogens is 1550 g/mol. The summed E-state index contributed by atoms with van der Waals surface area (Å²) in [6.45, 7) is 8.38. The molecule has 117 heavy (non-hydrogen) atoms. The topological polar surface area (TPSA) is 673 Å². The molecule has 1 aliphatic rings. The van der Waals surface area contributed by atoms with Crippen LogP contribution in [0, 0.1) is 11.8 Å². The molecule has 0 saturated carbocycles. The van der Waals surface area contributed by atoms with Crippen LogP contribution in [0.4, 0.5) is 0 Å². The number of amides is 16. The number of hydrogen-bond acceptors (Lipinski definition) is 22. The SMILES string of the molecule is CSCC[C@H](NC(=O)[C@H](CC(C)C)NC(=O)[C@H](C)NC(=O)[C@H](C)NC(=O)[C@H](CCC(N)=O)NC(=O)[C@H](Cc1c[nH]c2ccccc12)NC(=O)[C@@H]1CCCN1C(=O)[C@H](CCC(N)=O)NC(=O)[C@@H](N)CO)C(=O)N[C@@H](CCC(=O)O)C(=O)N[C@@H](CC(N)=O)C(=O)N[C@@H](CCC(=O)O)C(=O)N[C@@H](CC(C)C)C(=O)N[C@@H](Cc1ccccc1)C(=O)O. The number of carbonyl (C=O) groups is 19. The molecule has 2 heterocycles. The second-order valence-corrected chi connectivity index (χ2v) is 30.2. The lowest BCUT2D eigenvalue weighted by Crippen LogP contribution is -2.61. The number of aliphatic hydroxyl groups excluding tert-OH is 1. The number of nitrogens with two attached hydrogens (primary N) is 4. The Labute approximate surface area is 678 Å². The fourth-order valence-electron chi connectivity index (χ4n) is 12.4. The number of thioether (sulfide) groups is 1. The van der Waals surface area contributed by atoms with Gasteiger partial charge >= 0.3 is 17.9 Å². The lowest BCUT2D eigenvalue weighted by Gasteiger charge is -2.30. The maximum absolute atomic E-state index is 14.6. The molecule has 0 unspecified atom stereocenters. The number of para-hydroxylation sites is 1. The van der Waals surface area contributed by atoms with Crippen molar-refractivity contribution in [3.05, 3.63) is 71.9 Å². The van der Waals surface area contributed by atoms with E-state index < -0.39 is 249 Å². The molecule has 42 heteroatoms. The Morgan fingerprint density at radius 3 is 1.36 bits per heavy atom. The van der Waals surface area contributed by atoms with Gasteiger partial charge in [0.2, 0.25) is 94.5 Å². The number of H-pyrrole nitrogens is 1. The molecule has 16 amide bonds. The average Bonchev–Trinajstić information content (AvgIpc) is 1.70. The van der Waals surface area contributed by atoms with Crippen LogP contribution < -0.4 is 86.7 Å². The first kappa shape index (κ1) is 97.5. The van der Waals surface area contributed by atoms with Gasteiger partial charge in [-0.2, -0.15) is 11.8 Å². The van der Waals surface area contributed by atoms with Crippen molar-refractivity contribution in [1.82, 2.24) is 73.7 Å². The second kappa shape index (κ2) is 48.5. The first-order valence-corrected chi connectivity index (χ1v) is 39.4. The number of carboxylic acids is 3. The summed E-state index contributed by atoms with van der Waals surface area (Å²) >= 11 is 1.22. The minimum absolute atomic E-state index is 0.00769. The van der Waals surface area contributed by atoms with E-state index in [4.69, 9.17) is 22.9 Å². The van der Waals surface area contributed by atoms with Crippen LogP contribution >= 0.6 is 11.8 Å². The Morgan fingerprint density at radius 2 is 0.872 bits per heavy atom. The summed E-state index contributed by atoms with van der Waals surface area (Å²) in [5.41, 5.74) is 23.7. The highest BCUT2D eigenvalue weighted by molar-refractivity contribution is 7.98. The fourth-order valence-corrected chi connectivity index (χ4v) is 12.9. The van der Waals surface area contributed by atoms with Gasteiger partial charge in [-0.05, 0) is 113 Å². The number of primary amides is 3. The van der Waals surface area contributed by atoms with E-state index in [-0.39, 0.29) is 81.9 Å². The van der Waals surface area contributed by atoms with E-state index >= 15 is 0 Å². The molecule has 644 valence electrons. The molecule has 4 rings (SSSR count). The number of hydrogen-bond donors (Lipinski definition) is 21. The van der Waals surface area contributed by atoms with E-state index in [0.29, 0.717) is 22.0 Å². The van der Waals surface area contributed by atoms with E-state index in [9.17, 15) is 112 Å². The third-order valence-corrected chi connectivity index (χ3v) is 19.3. The third-order valence-electron chi connectivity index (χ3n) is 18.6. The number of likely N-dealkylation sites (tertiary alicyclic amines) is 1. The predicted octanol–water partition coefficient (Wildman–Crippen LogP) is -4.81. The predicted molar refractivity (Wildman–Crippen MR) is 420 cm³/mol. The van der Waals surface area contributed by atoms with Crippen LogP contribution in [0.5, 0.6) is 0 Å². The van der Waals surface area contributed by atoms with Crippen molar-refractivity contribution < 1.29 is 112 Å². The first-order chi connectivity index (χ1) is 55.1. The van der Waals surface area contributed by atoms with Crippen LogP contribution in [0.25, 0.3) is 10.9 Å². The van der Waals surface area contributed by atoms with Gasteiger partial charge in [-0.3, -0.25) is 86.3 Å². The van der Waals surface area contributed by atoms with Crippen LogP contribution in [-0.4, -0.2) is 252 Å². The van der Waals surface area contributed by atoms with Crippen LogP contribution in [-0.2, 0) is 104 Å². The van der Waals surface area contributed by atoms with Crippen molar-refractivity contribution in [1.29, 1.82) is 0 Å². The van der Waals surface area contributed by atoms with Crippen LogP contribution in [0.3, 0.4) is 0 Å². The number of carbonyl (C=O) groups excluding carboxylic acids is 16. The normalized spacial score (nSPS) is 15.8. The van der Waals surface area contributed by atoms with Crippen molar-refractivity contribution in [2.24, 2.45) is 34.8 Å². The highest BCUT2D eigenvalue weighted by Crippen LogP contribution is 2.24. The molecule has 1 fully saturated rings. The van der Waals surface area contributed by atoms with E-state index in [0.717, 1.165) is 4.90 Å². The van der Waals surface area contributed by atoms with Gasteiger partial charge in [0.05, 0.1) is 13.0 Å². The Bertz CT molecular complexity index is 4030. The van der Waals surface area contributed by atoms with Gasteiger partial charge < -0.3 is 117 Å². The number of fused-ring (bicyclic) bond motifs is 1. The zero-order chi connectivity index (χ0) is 87.5. The molecule has 0 spiro atoms. The molecule has 1 saturated heterocycles. The monoisotopic (exact) mass is 1660 g/mol. The quantitative estimate of drug-likeness (QED) is 0.0252. The van der Waals surface area contributed by atoms with E-state index in [1.807, 2.05) is 0 Å². The summed E-state index contributed by atoms with van der Waals surface area (Å²) in [5.74, 6) is -21.1. The molecule has 41 nitrogen and oxygen atoms in total. The number of rotatable bonds is 52. The fraction of sp³-hybridized carbons (Fsp3) is 0.560. The van der Waals surface area contributed by atoms with Crippen LogP contribution in [0.15, 0.2) is 60.8 Å². The molecule has 1 aromatic heterocycles. The van der Waals surface area contributed by atoms with Crippen LogP contribution in [0.2, 0.25) is 0 Å². The summed E-state index contributed by atoms with van der Waals surface area (Å²) in [7, 11) is 0. The lowest BCUT2D eigenvalue weighted by molar-refractivity contribution is -0.142. The van der Waals surface area contributed by atoms with Gasteiger partial charge in [0, 0.05) is 62.2 Å². The van der Waals surface area contributed by atoms with Gasteiger partial charge in [0.15, 0.2) is 0 Å². The number of aliphatic carboxylic acids is 3. The maximum Gasteiger partial charge on any atom is 0.326 e. The summed E-state index contributed by atoms with van der Waals surface area (Å²) < 4.78 is 0. The van der Waals surface area contributed by atoms with E-state index in [2.05, 4.69) is 68.8 Å². The molecular formula is C75H110N18O23S.